The van der Waals surface area contributed by atoms with Crippen LogP contribution in [0, 0.1) is 0 Å². The molecule has 0 saturated carbocycles. The lowest BCUT2D eigenvalue weighted by Gasteiger charge is -2.24. The number of hydrogen-bond acceptors (Lipinski definition) is 6. The molecule has 166 valence electrons. The zero-order valence-corrected chi connectivity index (χ0v) is 17.4. The summed E-state index contributed by atoms with van der Waals surface area (Å²) in [6.45, 7) is 0.420. The maximum Gasteiger partial charge on any atom is 0.439 e. The highest BCUT2D eigenvalue weighted by Crippen LogP contribution is 2.31. The van der Waals surface area contributed by atoms with Crippen LogP contribution in [0.2, 0.25) is 0 Å². The van der Waals surface area contributed by atoms with Crippen LogP contribution in [-0.4, -0.2) is 44.5 Å². The normalized spacial score (nSPS) is 15.6. The molecule has 1 aliphatic rings. The van der Waals surface area contributed by atoms with Gasteiger partial charge in [-0.15, -0.1) is 0 Å². The van der Waals surface area contributed by atoms with E-state index in [9.17, 15) is 19.5 Å². The number of carbonyl (C=O) groups excluding carboxylic acids is 2. The van der Waals surface area contributed by atoms with E-state index in [0.717, 1.165) is 5.39 Å². The standard InChI is InChI=1S/C24H20N4O5/c29-20-17-8-2-1-5-14(17)10-11-18(20)23(31)28-12-4-9-19(28)22(30)25-16-7-3-6-15(13-16)21-26-24(32)33-27-21/h1-3,5-8,10-11,13,19,29H,4,9,12H2,(H,25,30)(H,26,27,32). The Morgan fingerprint density at radius 2 is 1.97 bits per heavy atom. The topological polar surface area (TPSA) is 129 Å². The van der Waals surface area contributed by atoms with Gasteiger partial charge in [-0.25, -0.2) is 4.79 Å². The molecule has 1 saturated heterocycles. The number of benzene rings is 3. The first kappa shape index (κ1) is 20.5. The monoisotopic (exact) mass is 444 g/mol. The smallest absolute Gasteiger partial charge is 0.439 e. The van der Waals surface area contributed by atoms with E-state index in [1.54, 1.807) is 48.5 Å². The van der Waals surface area contributed by atoms with Gasteiger partial charge >= 0.3 is 5.76 Å². The zero-order chi connectivity index (χ0) is 22.9. The molecular weight excluding hydrogens is 424 g/mol. The van der Waals surface area contributed by atoms with Crippen molar-refractivity contribution in [1.82, 2.24) is 15.0 Å². The minimum absolute atomic E-state index is 0.0848. The van der Waals surface area contributed by atoms with Crippen LogP contribution in [0.5, 0.6) is 5.75 Å². The maximum absolute atomic E-state index is 13.3. The molecule has 5 rings (SSSR count). The van der Waals surface area contributed by atoms with E-state index >= 15 is 0 Å². The molecule has 2 heterocycles. The lowest BCUT2D eigenvalue weighted by molar-refractivity contribution is -0.119. The first-order valence-electron chi connectivity index (χ1n) is 10.5. The number of aromatic nitrogens is 2. The first-order chi connectivity index (χ1) is 16.0. The summed E-state index contributed by atoms with van der Waals surface area (Å²) in [5.41, 5.74) is 1.23. The number of phenolic OH excluding ortho intramolecular Hbond substituents is 1. The zero-order valence-electron chi connectivity index (χ0n) is 17.4. The summed E-state index contributed by atoms with van der Waals surface area (Å²) in [4.78, 5) is 41.5. The predicted molar refractivity (Wildman–Crippen MR) is 121 cm³/mol. The molecule has 1 fully saturated rings. The molecule has 1 atom stereocenters. The highest BCUT2D eigenvalue weighted by molar-refractivity contribution is 6.06. The van der Waals surface area contributed by atoms with E-state index in [2.05, 4.69) is 20.0 Å². The van der Waals surface area contributed by atoms with Gasteiger partial charge in [0, 0.05) is 23.2 Å². The number of nitrogens with one attached hydrogen (secondary N) is 2. The number of likely N-dealkylation sites (tertiary alicyclic amines) is 1. The van der Waals surface area contributed by atoms with Crippen LogP contribution in [0.1, 0.15) is 23.2 Å². The average Bonchev–Trinajstić information content (AvgIpc) is 3.49. The Morgan fingerprint density at radius 3 is 2.79 bits per heavy atom. The van der Waals surface area contributed by atoms with Gasteiger partial charge in [0.05, 0.1) is 5.56 Å². The summed E-state index contributed by atoms with van der Waals surface area (Å²) >= 11 is 0. The van der Waals surface area contributed by atoms with Gasteiger partial charge in [-0.3, -0.25) is 19.1 Å². The minimum atomic E-state index is -0.670. The van der Waals surface area contributed by atoms with Crippen LogP contribution in [0.4, 0.5) is 5.69 Å². The molecule has 33 heavy (non-hydrogen) atoms. The molecule has 9 nitrogen and oxygen atoms in total. The Hall–Kier alpha value is -4.40. The molecule has 1 aliphatic heterocycles. The van der Waals surface area contributed by atoms with Crippen LogP contribution in [0.15, 0.2) is 70.0 Å². The number of rotatable bonds is 4. The number of H-pyrrole nitrogens is 1. The summed E-state index contributed by atoms with van der Waals surface area (Å²) in [5, 5.41) is 18.6. The summed E-state index contributed by atoms with van der Waals surface area (Å²) < 4.78 is 4.53. The Kier molecular flexibility index (Phi) is 5.14. The van der Waals surface area contributed by atoms with E-state index in [-0.39, 0.29) is 29.0 Å². The predicted octanol–water partition coefficient (Wildman–Crippen LogP) is 3.13. The molecule has 4 aromatic rings. The van der Waals surface area contributed by atoms with Crippen LogP contribution in [0.3, 0.4) is 0 Å². The molecule has 2 amide bonds. The van der Waals surface area contributed by atoms with Crippen molar-refractivity contribution in [1.29, 1.82) is 0 Å². The van der Waals surface area contributed by atoms with Crippen molar-refractivity contribution in [2.24, 2.45) is 0 Å². The van der Waals surface area contributed by atoms with Gasteiger partial charge in [-0.1, -0.05) is 47.6 Å². The Bertz CT molecular complexity index is 1420. The van der Waals surface area contributed by atoms with Crippen LogP contribution < -0.4 is 11.1 Å². The molecule has 3 aromatic carbocycles. The number of fused-ring (bicyclic) bond motifs is 1. The van der Waals surface area contributed by atoms with E-state index in [4.69, 9.17) is 0 Å². The van der Waals surface area contributed by atoms with Crippen molar-refractivity contribution in [3.63, 3.8) is 0 Å². The van der Waals surface area contributed by atoms with E-state index in [0.29, 0.717) is 36.0 Å². The lowest BCUT2D eigenvalue weighted by Crippen LogP contribution is -2.43. The Morgan fingerprint density at radius 1 is 1.12 bits per heavy atom. The molecule has 0 aliphatic carbocycles. The highest BCUT2D eigenvalue weighted by atomic mass is 16.5. The SMILES string of the molecule is O=C(Nc1cccc(-c2noc(=O)[nH]2)c1)C1CCCN1C(=O)c1ccc2ccccc2c1O. The largest absolute Gasteiger partial charge is 0.506 e. The van der Waals surface area contributed by atoms with Crippen LogP contribution in [-0.2, 0) is 4.79 Å². The maximum atomic E-state index is 13.3. The summed E-state index contributed by atoms with van der Waals surface area (Å²) in [6.07, 6.45) is 1.20. The molecule has 3 N–H and O–H groups in total. The van der Waals surface area contributed by atoms with Crippen molar-refractivity contribution in [3.05, 3.63) is 76.8 Å². The fraction of sp³-hybridized carbons (Fsp3) is 0.167. The lowest BCUT2D eigenvalue weighted by atomic mass is 10.0. The first-order valence-corrected chi connectivity index (χ1v) is 10.5. The average molecular weight is 444 g/mol. The highest BCUT2D eigenvalue weighted by Gasteiger charge is 2.35. The van der Waals surface area contributed by atoms with Gasteiger partial charge in [-0.05, 0) is 36.4 Å². The number of anilines is 1. The molecule has 0 bridgehead atoms. The fourth-order valence-electron chi connectivity index (χ4n) is 4.19. The molecular formula is C24H20N4O5. The molecule has 0 radical (unpaired) electrons. The Labute approximate surface area is 187 Å². The molecule has 0 spiro atoms. The number of aromatic amines is 1. The van der Waals surface area contributed by atoms with Crippen molar-refractivity contribution < 1.29 is 19.2 Å². The summed E-state index contributed by atoms with van der Waals surface area (Å²) in [6, 6.07) is 16.8. The van der Waals surface area contributed by atoms with Gasteiger partial charge in [0.15, 0.2) is 5.82 Å². The van der Waals surface area contributed by atoms with Crippen LogP contribution in [0.25, 0.3) is 22.2 Å². The number of aromatic hydroxyl groups is 1. The number of amides is 2. The molecule has 9 heteroatoms. The Balaban J connectivity index is 1.37. The van der Waals surface area contributed by atoms with E-state index < -0.39 is 11.8 Å². The van der Waals surface area contributed by atoms with Gasteiger partial charge < -0.3 is 15.3 Å². The van der Waals surface area contributed by atoms with Crippen molar-refractivity contribution in [3.8, 4) is 17.1 Å². The van der Waals surface area contributed by atoms with Gasteiger partial charge in [-0.2, -0.15) is 0 Å². The quantitative estimate of drug-likeness (QED) is 0.444. The van der Waals surface area contributed by atoms with Gasteiger partial charge in [0.1, 0.15) is 11.8 Å². The number of carbonyl (C=O) groups is 2. The summed E-state index contributed by atoms with van der Waals surface area (Å²) in [5.74, 6) is -1.22. The third kappa shape index (κ3) is 3.84. The number of hydrogen-bond donors (Lipinski definition) is 3. The van der Waals surface area contributed by atoms with Crippen LogP contribution >= 0.6 is 0 Å². The van der Waals surface area contributed by atoms with Gasteiger partial charge in [0.2, 0.25) is 5.91 Å². The third-order valence-corrected chi connectivity index (χ3v) is 5.79. The summed E-state index contributed by atoms with van der Waals surface area (Å²) in [7, 11) is 0. The van der Waals surface area contributed by atoms with Crippen molar-refractivity contribution in [2.75, 3.05) is 11.9 Å². The second-order valence-electron chi connectivity index (χ2n) is 7.85. The number of nitrogens with zero attached hydrogens (tertiary/aromatic N) is 2. The molecule has 1 unspecified atom stereocenters. The fourth-order valence-corrected chi connectivity index (χ4v) is 4.19. The number of phenols is 1. The van der Waals surface area contributed by atoms with E-state index in [1.807, 2.05) is 12.1 Å². The second kappa shape index (κ2) is 8.27. The molecule has 1 aromatic heterocycles. The minimum Gasteiger partial charge on any atom is -0.506 e. The van der Waals surface area contributed by atoms with Crippen molar-refractivity contribution in [2.45, 2.75) is 18.9 Å². The van der Waals surface area contributed by atoms with E-state index in [1.165, 1.54) is 4.90 Å². The third-order valence-electron chi connectivity index (χ3n) is 5.79. The van der Waals surface area contributed by atoms with Gasteiger partial charge in [0.25, 0.3) is 5.91 Å². The van der Waals surface area contributed by atoms with Crippen molar-refractivity contribution >= 4 is 28.3 Å². The second-order valence-corrected chi connectivity index (χ2v) is 7.85.